The third kappa shape index (κ3) is 4.54. The number of amides is 1. The minimum atomic E-state index is -3.22. The molecule has 0 unspecified atom stereocenters. The van der Waals surface area contributed by atoms with E-state index in [2.05, 4.69) is 42.7 Å². The first-order chi connectivity index (χ1) is 16.6. The Kier molecular flexibility index (Phi) is 6.09. The van der Waals surface area contributed by atoms with Crippen molar-refractivity contribution in [2.24, 2.45) is 5.41 Å². The summed E-state index contributed by atoms with van der Waals surface area (Å²) >= 11 is 3.52. The van der Waals surface area contributed by atoms with Gasteiger partial charge in [-0.25, -0.2) is 18.1 Å². The number of aromatic nitrogens is 4. The standard InChI is InChI=1S/C23H28BrN7O3S/c1-23(21(32)25-2)8-6-16(11-23)27-22-26-12-18-19(24)29-31(20(18)28-22)17-5-4-15-13-30(35(3,33)34)9-7-14(15)10-17/h4-5,10,12,16H,6-9,11,13H2,1-3H3,(H,25,32)(H,26,27,28)/t16-,23-/m1/s1. The van der Waals surface area contributed by atoms with E-state index in [0.29, 0.717) is 42.1 Å². The summed E-state index contributed by atoms with van der Waals surface area (Å²) in [5, 5.41) is 11.6. The van der Waals surface area contributed by atoms with Gasteiger partial charge in [0.25, 0.3) is 0 Å². The molecular formula is C23H28BrN7O3S. The lowest BCUT2D eigenvalue weighted by atomic mass is 9.87. The zero-order valence-corrected chi connectivity index (χ0v) is 22.3. The molecular weight excluding hydrogens is 534 g/mol. The quantitative estimate of drug-likeness (QED) is 0.490. The predicted octanol–water partition coefficient (Wildman–Crippen LogP) is 2.61. The number of halogens is 1. The number of rotatable bonds is 5. The van der Waals surface area contributed by atoms with E-state index in [1.165, 1.54) is 10.6 Å². The summed E-state index contributed by atoms with van der Waals surface area (Å²) in [5.74, 6) is 0.561. The normalized spacial score (nSPS) is 22.8. The van der Waals surface area contributed by atoms with Crippen molar-refractivity contribution in [3.05, 3.63) is 40.1 Å². The van der Waals surface area contributed by atoms with E-state index in [9.17, 15) is 13.2 Å². The number of nitrogens with one attached hydrogen (secondary N) is 2. The molecule has 35 heavy (non-hydrogen) atoms. The molecule has 0 saturated heterocycles. The Labute approximate surface area is 212 Å². The number of carbonyl (C=O) groups excluding carboxylic acids is 1. The van der Waals surface area contributed by atoms with Gasteiger partial charge in [0.1, 0.15) is 4.60 Å². The average molecular weight is 562 g/mol. The first kappa shape index (κ1) is 24.1. The van der Waals surface area contributed by atoms with Crippen LogP contribution in [0.1, 0.15) is 37.3 Å². The molecule has 0 radical (unpaired) electrons. The summed E-state index contributed by atoms with van der Waals surface area (Å²) in [6.45, 7) is 2.84. The van der Waals surface area contributed by atoms with Gasteiger partial charge in [0.15, 0.2) is 5.65 Å². The third-order valence-corrected chi connectivity index (χ3v) is 8.95. The zero-order valence-electron chi connectivity index (χ0n) is 19.9. The van der Waals surface area contributed by atoms with Crippen LogP contribution in [0.4, 0.5) is 5.95 Å². The van der Waals surface area contributed by atoms with Crippen LogP contribution in [0.25, 0.3) is 16.7 Å². The van der Waals surface area contributed by atoms with Crippen LogP contribution in [-0.4, -0.2) is 64.3 Å². The smallest absolute Gasteiger partial charge is 0.225 e. The Morgan fingerprint density at radius 2 is 2.09 bits per heavy atom. The number of carbonyl (C=O) groups is 1. The van der Waals surface area contributed by atoms with E-state index in [-0.39, 0.29) is 11.9 Å². The van der Waals surface area contributed by atoms with Crippen molar-refractivity contribution in [2.45, 2.75) is 45.2 Å². The van der Waals surface area contributed by atoms with Crippen LogP contribution in [0, 0.1) is 5.41 Å². The molecule has 1 saturated carbocycles. The summed E-state index contributed by atoms with van der Waals surface area (Å²) in [7, 11) is -1.55. The Hall–Kier alpha value is -2.57. The first-order valence-electron chi connectivity index (χ1n) is 11.5. The van der Waals surface area contributed by atoms with E-state index in [0.717, 1.165) is 35.0 Å². The number of hydrogen-bond acceptors (Lipinski definition) is 7. The topological polar surface area (TPSA) is 122 Å². The molecule has 186 valence electrons. The largest absolute Gasteiger partial charge is 0.359 e. The summed E-state index contributed by atoms with van der Waals surface area (Å²) in [6, 6.07) is 6.05. The van der Waals surface area contributed by atoms with Gasteiger partial charge < -0.3 is 10.6 Å². The van der Waals surface area contributed by atoms with Crippen LogP contribution >= 0.6 is 15.9 Å². The van der Waals surface area contributed by atoms with Crippen molar-refractivity contribution >= 4 is 48.8 Å². The van der Waals surface area contributed by atoms with Crippen LogP contribution in [0.2, 0.25) is 0 Å². The van der Waals surface area contributed by atoms with Crippen LogP contribution < -0.4 is 10.6 Å². The average Bonchev–Trinajstić information content (AvgIpc) is 3.37. The summed E-state index contributed by atoms with van der Waals surface area (Å²) in [4.78, 5) is 21.5. The third-order valence-electron chi connectivity index (χ3n) is 7.11. The molecule has 3 aromatic rings. The van der Waals surface area contributed by atoms with Crippen LogP contribution in [0.3, 0.4) is 0 Å². The minimum absolute atomic E-state index is 0.0623. The lowest BCUT2D eigenvalue weighted by Gasteiger charge is -2.27. The fraction of sp³-hybridized carbons (Fsp3) is 0.478. The second-order valence-electron chi connectivity index (χ2n) is 9.66. The number of sulfonamides is 1. The van der Waals surface area contributed by atoms with Crippen molar-refractivity contribution in [1.82, 2.24) is 29.4 Å². The monoisotopic (exact) mass is 561 g/mol. The molecule has 3 heterocycles. The lowest BCUT2D eigenvalue weighted by Crippen LogP contribution is -2.35. The van der Waals surface area contributed by atoms with Crippen molar-refractivity contribution in [3.8, 4) is 5.69 Å². The van der Waals surface area contributed by atoms with Gasteiger partial charge in [0.05, 0.1) is 17.3 Å². The minimum Gasteiger partial charge on any atom is -0.359 e. The van der Waals surface area contributed by atoms with Gasteiger partial charge in [0.2, 0.25) is 21.9 Å². The molecule has 2 atom stereocenters. The molecule has 2 aromatic heterocycles. The van der Waals surface area contributed by atoms with Gasteiger partial charge in [0, 0.05) is 37.8 Å². The highest BCUT2D eigenvalue weighted by atomic mass is 79.9. The van der Waals surface area contributed by atoms with Crippen molar-refractivity contribution in [2.75, 3.05) is 25.2 Å². The highest BCUT2D eigenvalue weighted by Gasteiger charge is 2.41. The predicted molar refractivity (Wildman–Crippen MR) is 137 cm³/mol. The molecule has 2 aliphatic rings. The highest BCUT2D eigenvalue weighted by Crippen LogP contribution is 2.39. The van der Waals surface area contributed by atoms with Gasteiger partial charge in [-0.05, 0) is 64.9 Å². The number of hydrogen-bond donors (Lipinski definition) is 2. The molecule has 0 bridgehead atoms. The summed E-state index contributed by atoms with van der Waals surface area (Å²) < 4.78 is 27.8. The van der Waals surface area contributed by atoms with E-state index in [1.54, 1.807) is 17.9 Å². The Morgan fingerprint density at radius 3 is 2.83 bits per heavy atom. The SMILES string of the molecule is CNC(=O)[C@]1(C)CC[C@@H](Nc2ncc3c(Br)nn(-c4ccc5c(c4)CCN(S(C)(=O)=O)C5)c3n2)C1. The fourth-order valence-corrected chi connectivity index (χ4v) is 6.34. The van der Waals surface area contributed by atoms with Crippen molar-refractivity contribution in [3.63, 3.8) is 0 Å². The molecule has 1 aliphatic carbocycles. The van der Waals surface area contributed by atoms with Crippen LogP contribution in [0.15, 0.2) is 29.0 Å². The van der Waals surface area contributed by atoms with Crippen molar-refractivity contribution in [1.29, 1.82) is 0 Å². The number of anilines is 1. The second-order valence-corrected chi connectivity index (χ2v) is 12.4. The molecule has 5 rings (SSSR count). The molecule has 10 nitrogen and oxygen atoms in total. The number of nitrogens with zero attached hydrogens (tertiary/aromatic N) is 5. The second kappa shape index (κ2) is 8.82. The van der Waals surface area contributed by atoms with E-state index in [1.807, 2.05) is 19.1 Å². The Morgan fingerprint density at radius 1 is 1.29 bits per heavy atom. The lowest BCUT2D eigenvalue weighted by molar-refractivity contribution is -0.129. The molecule has 1 amide bonds. The maximum atomic E-state index is 12.3. The van der Waals surface area contributed by atoms with E-state index >= 15 is 0 Å². The van der Waals surface area contributed by atoms with E-state index in [4.69, 9.17) is 4.98 Å². The first-order valence-corrected chi connectivity index (χ1v) is 14.2. The highest BCUT2D eigenvalue weighted by molar-refractivity contribution is 9.10. The molecule has 0 spiro atoms. The fourth-order valence-electron chi connectivity index (χ4n) is 5.10. The van der Waals surface area contributed by atoms with Crippen molar-refractivity contribution < 1.29 is 13.2 Å². The van der Waals surface area contributed by atoms with Gasteiger partial charge >= 0.3 is 0 Å². The van der Waals surface area contributed by atoms with Gasteiger partial charge in [-0.1, -0.05) is 13.0 Å². The molecule has 12 heteroatoms. The Balaban J connectivity index is 1.42. The molecule has 1 aliphatic heterocycles. The van der Waals surface area contributed by atoms with Gasteiger partial charge in [-0.3, -0.25) is 4.79 Å². The maximum absolute atomic E-state index is 12.3. The van der Waals surface area contributed by atoms with Gasteiger partial charge in [-0.15, -0.1) is 0 Å². The summed E-state index contributed by atoms with van der Waals surface area (Å²) in [6.07, 6.45) is 6.02. The van der Waals surface area contributed by atoms with Crippen LogP contribution in [-0.2, 0) is 27.8 Å². The number of benzene rings is 1. The summed E-state index contributed by atoms with van der Waals surface area (Å²) in [5.41, 5.74) is 3.23. The van der Waals surface area contributed by atoms with E-state index < -0.39 is 15.4 Å². The maximum Gasteiger partial charge on any atom is 0.225 e. The van der Waals surface area contributed by atoms with Crippen LogP contribution in [0.5, 0.6) is 0 Å². The Bertz CT molecular complexity index is 1420. The van der Waals surface area contributed by atoms with Gasteiger partial charge in [-0.2, -0.15) is 14.4 Å². The number of fused-ring (bicyclic) bond motifs is 2. The molecule has 2 N–H and O–H groups in total. The molecule has 1 fully saturated rings. The molecule has 1 aromatic carbocycles. The zero-order chi connectivity index (χ0) is 25.0.